The Bertz CT molecular complexity index is 540. The molecule has 0 atom stereocenters. The lowest BCUT2D eigenvalue weighted by atomic mass is 10.2. The number of hydrogen-bond acceptors (Lipinski definition) is 2. The van der Waals surface area contributed by atoms with Gasteiger partial charge in [-0.2, -0.15) is 0 Å². The third-order valence-corrected chi connectivity index (χ3v) is 4.14. The maximum Gasteiger partial charge on any atom is 0.0384 e. The average molecular weight is 270 g/mol. The Labute approximate surface area is 117 Å². The van der Waals surface area contributed by atoms with Gasteiger partial charge < -0.3 is 0 Å². The minimum Gasteiger partial charge on any atom is -0.128 e. The van der Waals surface area contributed by atoms with Crippen molar-refractivity contribution in [1.82, 2.24) is 0 Å². The van der Waals surface area contributed by atoms with Crippen LogP contribution in [-0.4, -0.2) is 12.5 Å². The number of rotatable bonds is 2. The molecule has 2 rings (SSSR count). The summed E-state index contributed by atoms with van der Waals surface area (Å²) >= 11 is 3.47. The van der Waals surface area contributed by atoms with Crippen molar-refractivity contribution in [1.29, 1.82) is 0 Å². The molecule has 0 aromatic heterocycles. The van der Waals surface area contributed by atoms with Gasteiger partial charge in [0.15, 0.2) is 0 Å². The van der Waals surface area contributed by atoms with E-state index in [1.807, 2.05) is 24.3 Å². The van der Waals surface area contributed by atoms with Crippen LogP contribution in [0.4, 0.5) is 0 Å². The van der Waals surface area contributed by atoms with Gasteiger partial charge in [-0.1, -0.05) is 36.1 Å². The summed E-state index contributed by atoms with van der Waals surface area (Å²) in [6.07, 6.45) is 4.16. The van der Waals surface area contributed by atoms with Crippen LogP contribution in [0.5, 0.6) is 0 Å². The lowest BCUT2D eigenvalue weighted by Crippen LogP contribution is -1.82. The van der Waals surface area contributed by atoms with Gasteiger partial charge in [0.1, 0.15) is 0 Å². The van der Waals surface area contributed by atoms with Gasteiger partial charge >= 0.3 is 0 Å². The second kappa shape index (κ2) is 6.58. The highest BCUT2D eigenvalue weighted by Crippen LogP contribution is 2.21. The van der Waals surface area contributed by atoms with Gasteiger partial charge in [0, 0.05) is 20.9 Å². The van der Waals surface area contributed by atoms with Crippen LogP contribution >= 0.6 is 23.5 Å². The second-order valence-corrected chi connectivity index (χ2v) is 5.35. The first-order chi connectivity index (χ1) is 8.85. The molecule has 18 heavy (non-hydrogen) atoms. The fraction of sp³-hybridized carbons (Fsp3) is 0.125. The first kappa shape index (κ1) is 13.1. The van der Waals surface area contributed by atoms with E-state index >= 15 is 0 Å². The summed E-state index contributed by atoms with van der Waals surface area (Å²) in [7, 11) is 0. The van der Waals surface area contributed by atoms with Crippen molar-refractivity contribution in [2.24, 2.45) is 0 Å². The zero-order valence-electron chi connectivity index (χ0n) is 10.4. The van der Waals surface area contributed by atoms with Gasteiger partial charge in [-0.05, 0) is 36.8 Å². The topological polar surface area (TPSA) is 0 Å². The van der Waals surface area contributed by atoms with Crippen molar-refractivity contribution in [3.8, 4) is 11.8 Å². The van der Waals surface area contributed by atoms with E-state index in [1.54, 1.807) is 23.5 Å². The molecule has 90 valence electrons. The van der Waals surface area contributed by atoms with Crippen LogP contribution < -0.4 is 0 Å². The molecule has 2 aromatic carbocycles. The van der Waals surface area contributed by atoms with Gasteiger partial charge in [-0.25, -0.2) is 0 Å². The molecule has 0 aliphatic rings. The summed E-state index contributed by atoms with van der Waals surface area (Å²) in [5.74, 6) is 6.54. The molecule has 0 nitrogen and oxygen atoms in total. The first-order valence-electron chi connectivity index (χ1n) is 5.63. The maximum absolute atomic E-state index is 3.27. The average Bonchev–Trinajstić information content (AvgIpc) is 2.45. The first-order valence-corrected chi connectivity index (χ1v) is 8.08. The van der Waals surface area contributed by atoms with E-state index in [2.05, 4.69) is 48.6 Å². The number of benzene rings is 2. The second-order valence-electron chi connectivity index (χ2n) is 3.65. The smallest absolute Gasteiger partial charge is 0.0384 e. The third kappa shape index (κ3) is 3.13. The fourth-order valence-electron chi connectivity index (χ4n) is 1.63. The summed E-state index contributed by atoms with van der Waals surface area (Å²) < 4.78 is 0. The number of thioether (sulfide) groups is 2. The van der Waals surface area contributed by atoms with Crippen LogP contribution in [-0.2, 0) is 0 Å². The Balaban J connectivity index is 2.37. The molecular weight excluding hydrogens is 256 g/mol. The van der Waals surface area contributed by atoms with E-state index < -0.39 is 0 Å². The SMILES string of the molecule is CSc1ccccc1C#Cc1ccccc1SC. The zero-order valence-corrected chi connectivity index (χ0v) is 12.1. The summed E-state index contributed by atoms with van der Waals surface area (Å²) in [5, 5.41) is 0. The van der Waals surface area contributed by atoms with Crippen molar-refractivity contribution in [2.75, 3.05) is 12.5 Å². The molecule has 0 aliphatic heterocycles. The minimum atomic E-state index is 1.10. The highest BCUT2D eigenvalue weighted by atomic mass is 32.2. The van der Waals surface area contributed by atoms with Gasteiger partial charge in [0.05, 0.1) is 0 Å². The Hall–Kier alpha value is -1.30. The van der Waals surface area contributed by atoms with Crippen molar-refractivity contribution in [2.45, 2.75) is 9.79 Å². The van der Waals surface area contributed by atoms with Crippen molar-refractivity contribution in [3.05, 3.63) is 59.7 Å². The van der Waals surface area contributed by atoms with Crippen LogP contribution in [0.3, 0.4) is 0 Å². The largest absolute Gasteiger partial charge is 0.128 e. The lowest BCUT2D eigenvalue weighted by Gasteiger charge is -2.00. The molecule has 0 spiro atoms. The van der Waals surface area contributed by atoms with Gasteiger partial charge in [0.25, 0.3) is 0 Å². The Morgan fingerprint density at radius 1 is 0.667 bits per heavy atom. The molecule has 0 amide bonds. The minimum absolute atomic E-state index is 1.10. The monoisotopic (exact) mass is 270 g/mol. The Kier molecular flexibility index (Phi) is 4.81. The third-order valence-electron chi connectivity index (χ3n) is 2.55. The maximum atomic E-state index is 3.27. The summed E-state index contributed by atoms with van der Waals surface area (Å²) in [5.41, 5.74) is 2.20. The van der Waals surface area contributed by atoms with Crippen LogP contribution in [0.2, 0.25) is 0 Å². The van der Waals surface area contributed by atoms with Crippen molar-refractivity contribution < 1.29 is 0 Å². The predicted octanol–water partition coefficient (Wildman–Crippen LogP) is 4.53. The van der Waals surface area contributed by atoms with Crippen LogP contribution in [0.25, 0.3) is 0 Å². The molecule has 2 heteroatoms. The zero-order chi connectivity index (χ0) is 12.8. The van der Waals surface area contributed by atoms with Crippen LogP contribution in [0.1, 0.15) is 11.1 Å². The molecule has 0 N–H and O–H groups in total. The fourth-order valence-corrected chi connectivity index (χ4v) is 2.74. The van der Waals surface area contributed by atoms with E-state index in [-0.39, 0.29) is 0 Å². The molecule has 0 saturated heterocycles. The van der Waals surface area contributed by atoms with Crippen LogP contribution in [0, 0.1) is 11.8 Å². The number of hydrogen-bond donors (Lipinski definition) is 0. The predicted molar refractivity (Wildman–Crippen MR) is 82.4 cm³/mol. The molecule has 0 saturated carbocycles. The Morgan fingerprint density at radius 3 is 1.44 bits per heavy atom. The standard InChI is InChI=1S/C16H14S2/c1-17-15-9-5-3-7-13(15)11-12-14-8-4-6-10-16(14)18-2/h3-10H,1-2H3. The quantitative estimate of drug-likeness (QED) is 0.581. The normalized spacial score (nSPS) is 9.67. The Morgan fingerprint density at radius 2 is 1.06 bits per heavy atom. The molecule has 0 unspecified atom stereocenters. The van der Waals surface area contributed by atoms with Crippen molar-refractivity contribution in [3.63, 3.8) is 0 Å². The van der Waals surface area contributed by atoms with E-state index in [0.29, 0.717) is 0 Å². The van der Waals surface area contributed by atoms with E-state index in [4.69, 9.17) is 0 Å². The molecular formula is C16H14S2. The molecule has 0 aliphatic carbocycles. The molecule has 0 fully saturated rings. The van der Waals surface area contributed by atoms with E-state index in [1.165, 1.54) is 9.79 Å². The summed E-state index contributed by atoms with van der Waals surface area (Å²) in [6.45, 7) is 0. The van der Waals surface area contributed by atoms with E-state index in [9.17, 15) is 0 Å². The molecule has 2 aromatic rings. The lowest BCUT2D eigenvalue weighted by molar-refractivity contribution is 1.40. The molecule has 0 heterocycles. The summed E-state index contributed by atoms with van der Waals surface area (Å²) in [6, 6.07) is 16.5. The van der Waals surface area contributed by atoms with Crippen LogP contribution in [0.15, 0.2) is 58.3 Å². The van der Waals surface area contributed by atoms with Gasteiger partial charge in [-0.3, -0.25) is 0 Å². The summed E-state index contributed by atoms with van der Waals surface area (Å²) in [4.78, 5) is 2.46. The molecule has 0 radical (unpaired) electrons. The van der Waals surface area contributed by atoms with Crippen molar-refractivity contribution >= 4 is 23.5 Å². The van der Waals surface area contributed by atoms with Gasteiger partial charge in [0.2, 0.25) is 0 Å². The highest BCUT2D eigenvalue weighted by molar-refractivity contribution is 7.98. The van der Waals surface area contributed by atoms with Gasteiger partial charge in [-0.15, -0.1) is 23.5 Å². The molecule has 0 bridgehead atoms. The highest BCUT2D eigenvalue weighted by Gasteiger charge is 1.98. The van der Waals surface area contributed by atoms with E-state index in [0.717, 1.165) is 11.1 Å².